The van der Waals surface area contributed by atoms with Crippen LogP contribution in [-0.2, 0) is 9.53 Å². The first-order valence-electron chi connectivity index (χ1n) is 14.6. The van der Waals surface area contributed by atoms with Gasteiger partial charge in [-0.25, -0.2) is 17.6 Å². The maximum Gasteiger partial charge on any atom is 0.314 e. The second kappa shape index (κ2) is 11.9. The molecule has 3 aromatic carbocycles. The molecule has 1 N–H and O–H groups in total. The van der Waals surface area contributed by atoms with E-state index in [4.69, 9.17) is 9.47 Å². The highest BCUT2D eigenvalue weighted by Gasteiger charge is 2.34. The van der Waals surface area contributed by atoms with Gasteiger partial charge in [0.25, 0.3) is 0 Å². The first kappa shape index (κ1) is 29.5. The Labute approximate surface area is 244 Å². The maximum atomic E-state index is 15.2. The fourth-order valence-corrected chi connectivity index (χ4v) is 6.73. The van der Waals surface area contributed by atoms with Crippen LogP contribution in [0.2, 0.25) is 0 Å². The molecule has 0 radical (unpaired) electrons. The summed E-state index contributed by atoms with van der Waals surface area (Å²) in [6, 6.07) is 8.17. The first-order chi connectivity index (χ1) is 20.6. The molecule has 228 valence electrons. The monoisotopic (exact) mass is 604 g/mol. The molecule has 10 heteroatoms. The number of aromatic hydroxyl groups is 1. The molecule has 43 heavy (non-hydrogen) atoms. The number of benzene rings is 3. The maximum absolute atomic E-state index is 15.2. The number of phenolic OH excluding ortho intramolecular Hbond substituents is 1. The fraction of sp³-hybridized carbons (Fsp3) is 0.424. The Hall–Kier alpha value is -3.53. The van der Waals surface area contributed by atoms with Crippen LogP contribution in [0.1, 0.15) is 97.5 Å². The smallest absolute Gasteiger partial charge is 0.314 e. The summed E-state index contributed by atoms with van der Waals surface area (Å²) in [4.78, 5) is 12.8. The lowest BCUT2D eigenvalue weighted by molar-refractivity contribution is -0.140. The van der Waals surface area contributed by atoms with Crippen LogP contribution in [0.25, 0.3) is 0 Å². The van der Waals surface area contributed by atoms with Gasteiger partial charge >= 0.3 is 5.97 Å². The third kappa shape index (κ3) is 5.73. The Morgan fingerprint density at radius 3 is 1.58 bits per heavy atom. The normalized spacial score (nSPS) is 25.4. The zero-order valence-corrected chi connectivity index (χ0v) is 23.2. The van der Waals surface area contributed by atoms with E-state index in [9.17, 15) is 27.5 Å². The number of phenols is 1. The van der Waals surface area contributed by atoms with Crippen LogP contribution in [0, 0.1) is 40.8 Å². The highest BCUT2D eigenvalue weighted by atomic mass is 19.2. The van der Waals surface area contributed by atoms with Crippen molar-refractivity contribution in [2.75, 3.05) is 6.61 Å². The number of ether oxygens (including phenoxy) is 2. The molecule has 0 amide bonds. The van der Waals surface area contributed by atoms with Gasteiger partial charge in [0, 0.05) is 5.56 Å². The molecule has 4 nitrogen and oxygen atoms in total. The Bertz CT molecular complexity index is 1540. The van der Waals surface area contributed by atoms with Gasteiger partial charge < -0.3 is 14.6 Å². The highest BCUT2D eigenvalue weighted by Crippen LogP contribution is 2.44. The van der Waals surface area contributed by atoms with Crippen molar-refractivity contribution in [3.8, 4) is 11.5 Å². The third-order valence-corrected chi connectivity index (χ3v) is 9.31. The quantitative estimate of drug-likeness (QED) is 0.133. The molecule has 0 spiro atoms. The topological polar surface area (TPSA) is 59.1 Å². The van der Waals surface area contributed by atoms with Crippen LogP contribution in [-0.4, -0.2) is 17.7 Å². The molecule has 1 unspecified atom stereocenters. The second-order valence-electron chi connectivity index (χ2n) is 11.8. The second-order valence-corrected chi connectivity index (χ2v) is 11.8. The van der Waals surface area contributed by atoms with Gasteiger partial charge in [-0.1, -0.05) is 24.3 Å². The van der Waals surface area contributed by atoms with Gasteiger partial charge in [0.1, 0.15) is 6.10 Å². The van der Waals surface area contributed by atoms with Crippen molar-refractivity contribution >= 4 is 5.97 Å². The Balaban J connectivity index is 1.06. The molecule has 3 aliphatic rings. The standard InChI is InChI=1S/C33H30F6O4/c34-27-20(9-10-23(30(27)37)26-15-42-26)16-1-3-17(4-2-16)22-12-14-25(32(39)29(22)36)43-33(41)19-7-5-18(6-8-19)21-11-13-24(40)31(38)28(21)35/h9-14,16-19,26,40H,1-8,15H2. The average Bonchev–Trinajstić information content (AvgIpc) is 3.86. The van der Waals surface area contributed by atoms with Crippen molar-refractivity contribution in [1.29, 1.82) is 0 Å². The van der Waals surface area contributed by atoms with Crippen molar-refractivity contribution in [3.05, 3.63) is 93.6 Å². The van der Waals surface area contributed by atoms with Gasteiger partial charge in [0.2, 0.25) is 11.6 Å². The van der Waals surface area contributed by atoms with Crippen LogP contribution >= 0.6 is 0 Å². The SMILES string of the molecule is O=C(Oc1ccc(C2CCC(c3ccc(C4CO4)c(F)c3F)CC2)c(F)c1F)C1CCC(c2ccc(O)c(F)c2F)CC1. The number of carbonyl (C=O) groups excluding carboxylic acids is 1. The van der Waals surface area contributed by atoms with E-state index in [-0.39, 0.29) is 40.0 Å². The van der Waals surface area contributed by atoms with E-state index in [0.29, 0.717) is 58.0 Å². The lowest BCUT2D eigenvalue weighted by atomic mass is 9.75. The summed E-state index contributed by atoms with van der Waals surface area (Å²) in [5, 5.41) is 9.34. The summed E-state index contributed by atoms with van der Waals surface area (Å²) in [5.74, 6) is -10.1. The Kier molecular flexibility index (Phi) is 8.15. The van der Waals surface area contributed by atoms with Crippen LogP contribution in [0.15, 0.2) is 36.4 Å². The number of carbonyl (C=O) groups is 1. The largest absolute Gasteiger partial charge is 0.505 e. The Morgan fingerprint density at radius 1 is 0.605 bits per heavy atom. The van der Waals surface area contributed by atoms with Crippen LogP contribution in [0.5, 0.6) is 11.5 Å². The number of hydrogen-bond acceptors (Lipinski definition) is 4. The minimum atomic E-state index is -1.31. The van der Waals surface area contributed by atoms with E-state index in [2.05, 4.69) is 0 Å². The summed E-state index contributed by atoms with van der Waals surface area (Å²) in [7, 11) is 0. The summed E-state index contributed by atoms with van der Waals surface area (Å²) in [6.07, 6.45) is 2.74. The van der Waals surface area contributed by atoms with Crippen molar-refractivity contribution in [2.24, 2.45) is 5.92 Å². The number of esters is 1. The number of epoxide rings is 1. The lowest BCUT2D eigenvalue weighted by Gasteiger charge is -2.30. The van der Waals surface area contributed by atoms with Gasteiger partial charge in [-0.05, 0) is 97.9 Å². The van der Waals surface area contributed by atoms with Gasteiger partial charge in [0.05, 0.1) is 12.5 Å². The summed E-state index contributed by atoms with van der Waals surface area (Å²) >= 11 is 0. The first-order valence-corrected chi connectivity index (χ1v) is 14.6. The third-order valence-electron chi connectivity index (χ3n) is 9.31. The minimum absolute atomic E-state index is 0.124. The lowest BCUT2D eigenvalue weighted by Crippen LogP contribution is -2.26. The van der Waals surface area contributed by atoms with Gasteiger partial charge in [-0.15, -0.1) is 0 Å². The number of halogens is 6. The molecular formula is C33H30F6O4. The van der Waals surface area contributed by atoms with Crippen molar-refractivity contribution in [3.63, 3.8) is 0 Å². The van der Waals surface area contributed by atoms with Gasteiger partial charge in [0.15, 0.2) is 34.8 Å². The summed E-state index contributed by atoms with van der Waals surface area (Å²) in [6.45, 7) is 0.371. The predicted molar refractivity (Wildman–Crippen MR) is 144 cm³/mol. The molecule has 1 aliphatic heterocycles. The van der Waals surface area contributed by atoms with Crippen molar-refractivity contribution in [1.82, 2.24) is 0 Å². The molecular weight excluding hydrogens is 574 g/mol. The molecule has 3 fully saturated rings. The van der Waals surface area contributed by atoms with Crippen molar-refractivity contribution in [2.45, 2.75) is 75.2 Å². The van der Waals surface area contributed by atoms with E-state index in [1.54, 1.807) is 12.1 Å². The average molecular weight is 605 g/mol. The molecule has 0 bridgehead atoms. The van der Waals surface area contributed by atoms with E-state index in [0.717, 1.165) is 6.07 Å². The van der Waals surface area contributed by atoms with E-state index in [1.807, 2.05) is 0 Å². The minimum Gasteiger partial charge on any atom is -0.505 e. The Morgan fingerprint density at radius 2 is 1.02 bits per heavy atom. The fourth-order valence-electron chi connectivity index (χ4n) is 6.73. The van der Waals surface area contributed by atoms with Crippen LogP contribution in [0.3, 0.4) is 0 Å². The zero-order valence-electron chi connectivity index (χ0n) is 23.2. The molecule has 3 aromatic rings. The van der Waals surface area contributed by atoms with Gasteiger partial charge in [-0.3, -0.25) is 4.79 Å². The van der Waals surface area contributed by atoms with Crippen LogP contribution < -0.4 is 4.74 Å². The highest BCUT2D eigenvalue weighted by molar-refractivity contribution is 5.75. The number of rotatable bonds is 6. The van der Waals surface area contributed by atoms with Gasteiger partial charge in [-0.2, -0.15) is 8.78 Å². The predicted octanol–water partition coefficient (Wildman–Crippen LogP) is 8.62. The van der Waals surface area contributed by atoms with E-state index in [1.165, 1.54) is 18.2 Å². The molecule has 2 saturated carbocycles. The van der Waals surface area contributed by atoms with E-state index < -0.39 is 64.4 Å². The van der Waals surface area contributed by atoms with E-state index >= 15 is 8.78 Å². The molecule has 6 rings (SSSR count). The van der Waals surface area contributed by atoms with Crippen molar-refractivity contribution < 1.29 is 45.7 Å². The van der Waals surface area contributed by atoms with Crippen LogP contribution in [0.4, 0.5) is 26.3 Å². The summed E-state index contributed by atoms with van der Waals surface area (Å²) < 4.78 is 97.8. The summed E-state index contributed by atoms with van der Waals surface area (Å²) in [5.41, 5.74) is 0.761. The number of hydrogen-bond donors (Lipinski definition) is 1. The molecule has 2 aliphatic carbocycles. The molecule has 1 atom stereocenters. The molecule has 0 aromatic heterocycles. The molecule has 1 heterocycles. The molecule has 1 saturated heterocycles. The zero-order chi connectivity index (χ0) is 30.4.